The van der Waals surface area contributed by atoms with Crippen molar-refractivity contribution >= 4 is 5.96 Å². The number of nitrogens with one attached hydrogen (secondary N) is 1. The molecule has 0 aliphatic carbocycles. The second-order valence-corrected chi connectivity index (χ2v) is 4.88. The van der Waals surface area contributed by atoms with Gasteiger partial charge in [-0.2, -0.15) is 0 Å². The largest absolute Gasteiger partial charge is 0.342 e. The second kappa shape index (κ2) is 6.74. The molecule has 0 radical (unpaired) electrons. The Balaban J connectivity index is 2.58. The zero-order valence-corrected chi connectivity index (χ0v) is 10.9. The van der Waals surface area contributed by atoms with Crippen molar-refractivity contribution in [3.8, 4) is 0 Å². The molecule has 0 amide bonds. The number of nitrogens with two attached hydrogens (primary N) is 1. The van der Waals surface area contributed by atoms with Crippen molar-refractivity contribution in [3.63, 3.8) is 0 Å². The fourth-order valence-electron chi connectivity index (χ4n) is 2.24. The van der Waals surface area contributed by atoms with Gasteiger partial charge in [-0.3, -0.25) is 5.43 Å². The van der Waals surface area contributed by atoms with Crippen LogP contribution >= 0.6 is 0 Å². The van der Waals surface area contributed by atoms with E-state index in [0.29, 0.717) is 0 Å². The highest BCUT2D eigenvalue weighted by atomic mass is 15.4. The van der Waals surface area contributed by atoms with E-state index >= 15 is 0 Å². The highest BCUT2D eigenvalue weighted by Crippen LogP contribution is 2.20. The van der Waals surface area contributed by atoms with Gasteiger partial charge in [-0.1, -0.05) is 13.3 Å². The van der Waals surface area contributed by atoms with Crippen LogP contribution in [0, 0.1) is 5.92 Å². The monoisotopic (exact) mass is 226 g/mol. The third-order valence-electron chi connectivity index (χ3n) is 3.23. The number of hydrazine groups is 1. The van der Waals surface area contributed by atoms with E-state index < -0.39 is 0 Å². The van der Waals surface area contributed by atoms with Gasteiger partial charge in [0, 0.05) is 19.1 Å². The fraction of sp³-hybridized carbons (Fsp3) is 0.917. The van der Waals surface area contributed by atoms with E-state index in [1.807, 2.05) is 0 Å². The van der Waals surface area contributed by atoms with Gasteiger partial charge in [0.2, 0.25) is 5.96 Å². The third kappa shape index (κ3) is 4.00. The molecule has 0 aromatic carbocycles. The zero-order chi connectivity index (χ0) is 12.0. The molecule has 16 heavy (non-hydrogen) atoms. The van der Waals surface area contributed by atoms with E-state index in [9.17, 15) is 0 Å². The quantitative estimate of drug-likeness (QED) is 0.326. The van der Waals surface area contributed by atoms with Crippen molar-refractivity contribution in [2.45, 2.75) is 52.5 Å². The summed E-state index contributed by atoms with van der Waals surface area (Å²) in [5.41, 5.74) is 2.74. The number of aliphatic imine (C=N–C) groups is 1. The molecule has 1 aliphatic heterocycles. The molecule has 4 heteroatoms. The second-order valence-electron chi connectivity index (χ2n) is 4.88. The van der Waals surface area contributed by atoms with Gasteiger partial charge in [0.15, 0.2) is 0 Å². The molecule has 1 saturated heterocycles. The molecule has 0 bridgehead atoms. The lowest BCUT2D eigenvalue weighted by Gasteiger charge is -2.24. The summed E-state index contributed by atoms with van der Waals surface area (Å²) >= 11 is 0. The summed E-state index contributed by atoms with van der Waals surface area (Å²) in [7, 11) is 0. The van der Waals surface area contributed by atoms with Crippen molar-refractivity contribution in [1.29, 1.82) is 0 Å². The van der Waals surface area contributed by atoms with Crippen molar-refractivity contribution in [2.75, 3.05) is 13.1 Å². The van der Waals surface area contributed by atoms with Crippen LogP contribution in [0.25, 0.3) is 0 Å². The number of nitrogens with zero attached hydrogens (tertiary/aromatic N) is 2. The lowest BCUT2D eigenvalue weighted by molar-refractivity contribution is 0.398. The van der Waals surface area contributed by atoms with Crippen molar-refractivity contribution in [1.82, 2.24) is 10.3 Å². The third-order valence-corrected chi connectivity index (χ3v) is 3.23. The zero-order valence-electron chi connectivity index (χ0n) is 10.9. The molecule has 1 unspecified atom stereocenters. The van der Waals surface area contributed by atoms with Crippen molar-refractivity contribution in [2.24, 2.45) is 16.8 Å². The first kappa shape index (κ1) is 13.3. The van der Waals surface area contributed by atoms with E-state index in [-0.39, 0.29) is 6.04 Å². The summed E-state index contributed by atoms with van der Waals surface area (Å²) in [6.07, 6.45) is 5.14. The maximum atomic E-state index is 5.55. The first-order valence-electron chi connectivity index (χ1n) is 6.46. The standard InChI is InChI=1S/C12H26N4/c1-4-11-6-5-8-16(9-7-11)12(15-13)14-10(2)3/h10-11H,4-9,13H2,1-3H3,(H,14,15). The van der Waals surface area contributed by atoms with Crippen LogP contribution in [0.4, 0.5) is 0 Å². The van der Waals surface area contributed by atoms with E-state index in [1.165, 1.54) is 25.7 Å². The van der Waals surface area contributed by atoms with Crippen molar-refractivity contribution in [3.05, 3.63) is 0 Å². The van der Waals surface area contributed by atoms with Gasteiger partial charge in [0.05, 0.1) is 0 Å². The Morgan fingerprint density at radius 3 is 2.75 bits per heavy atom. The molecule has 1 heterocycles. The predicted molar refractivity (Wildman–Crippen MR) is 69.1 cm³/mol. The molecule has 1 rings (SSSR count). The van der Waals surface area contributed by atoms with Crippen LogP contribution in [0.3, 0.4) is 0 Å². The smallest absolute Gasteiger partial charge is 0.208 e. The normalized spacial score (nSPS) is 23.4. The van der Waals surface area contributed by atoms with Gasteiger partial charge in [0.1, 0.15) is 0 Å². The Bertz CT molecular complexity index is 225. The fourth-order valence-corrected chi connectivity index (χ4v) is 2.24. The predicted octanol–water partition coefficient (Wildman–Crippen LogP) is 1.73. The van der Waals surface area contributed by atoms with Crippen LogP contribution in [-0.4, -0.2) is 30.0 Å². The Labute approximate surface area is 99.3 Å². The van der Waals surface area contributed by atoms with Gasteiger partial charge in [0.25, 0.3) is 0 Å². The highest BCUT2D eigenvalue weighted by Gasteiger charge is 2.18. The number of likely N-dealkylation sites (tertiary alicyclic amines) is 1. The van der Waals surface area contributed by atoms with Crippen LogP contribution < -0.4 is 11.3 Å². The minimum absolute atomic E-state index is 0.288. The maximum absolute atomic E-state index is 5.55. The summed E-state index contributed by atoms with van der Waals surface area (Å²) in [6, 6.07) is 0.288. The van der Waals surface area contributed by atoms with E-state index in [1.54, 1.807) is 0 Å². The molecular weight excluding hydrogens is 200 g/mol. The summed E-state index contributed by atoms with van der Waals surface area (Å²) in [6.45, 7) is 8.58. The summed E-state index contributed by atoms with van der Waals surface area (Å²) in [4.78, 5) is 6.81. The van der Waals surface area contributed by atoms with Gasteiger partial charge in [-0.25, -0.2) is 10.8 Å². The summed E-state index contributed by atoms with van der Waals surface area (Å²) < 4.78 is 0. The molecule has 0 saturated carbocycles. The van der Waals surface area contributed by atoms with E-state index in [4.69, 9.17) is 5.84 Å². The average molecular weight is 226 g/mol. The summed E-state index contributed by atoms with van der Waals surface area (Å²) in [5.74, 6) is 7.28. The molecule has 1 fully saturated rings. The molecule has 3 N–H and O–H groups in total. The lowest BCUT2D eigenvalue weighted by Crippen LogP contribution is -2.45. The van der Waals surface area contributed by atoms with Crippen LogP contribution in [0.15, 0.2) is 4.99 Å². The Morgan fingerprint density at radius 1 is 1.44 bits per heavy atom. The molecule has 0 aromatic rings. The van der Waals surface area contributed by atoms with Gasteiger partial charge < -0.3 is 4.90 Å². The minimum atomic E-state index is 0.288. The molecule has 1 atom stereocenters. The lowest BCUT2D eigenvalue weighted by atomic mass is 9.98. The van der Waals surface area contributed by atoms with Gasteiger partial charge >= 0.3 is 0 Å². The Kier molecular flexibility index (Phi) is 5.60. The molecule has 4 nitrogen and oxygen atoms in total. The highest BCUT2D eigenvalue weighted by molar-refractivity contribution is 5.79. The van der Waals surface area contributed by atoms with Crippen molar-refractivity contribution < 1.29 is 0 Å². The SMILES string of the molecule is CCC1CCCN(C(=NC(C)C)NN)CC1. The average Bonchev–Trinajstić information content (AvgIpc) is 2.50. The molecule has 0 aromatic heterocycles. The molecular formula is C12H26N4. The van der Waals surface area contributed by atoms with Crippen LogP contribution in [0.2, 0.25) is 0 Å². The maximum Gasteiger partial charge on any atom is 0.208 e. The number of guanidine groups is 1. The van der Waals surface area contributed by atoms with Crippen LogP contribution in [0.5, 0.6) is 0 Å². The Morgan fingerprint density at radius 2 is 2.19 bits per heavy atom. The molecule has 94 valence electrons. The first-order valence-corrected chi connectivity index (χ1v) is 6.46. The molecule has 0 spiro atoms. The summed E-state index contributed by atoms with van der Waals surface area (Å²) in [5, 5.41) is 0. The van der Waals surface area contributed by atoms with E-state index in [2.05, 4.69) is 36.1 Å². The Hall–Kier alpha value is -0.770. The number of rotatable bonds is 2. The first-order chi connectivity index (χ1) is 7.67. The van der Waals surface area contributed by atoms with Crippen LogP contribution in [0.1, 0.15) is 46.5 Å². The topological polar surface area (TPSA) is 53.6 Å². The number of hydrogen-bond acceptors (Lipinski definition) is 2. The van der Waals surface area contributed by atoms with Crippen LogP contribution in [-0.2, 0) is 0 Å². The molecule has 1 aliphatic rings. The minimum Gasteiger partial charge on any atom is -0.342 e. The van der Waals surface area contributed by atoms with E-state index in [0.717, 1.165) is 25.0 Å². The van der Waals surface area contributed by atoms with Gasteiger partial charge in [-0.05, 0) is 39.0 Å². The number of hydrogen-bond donors (Lipinski definition) is 2. The van der Waals surface area contributed by atoms with Gasteiger partial charge in [-0.15, -0.1) is 0 Å².